The molecule has 0 amide bonds. The summed E-state index contributed by atoms with van der Waals surface area (Å²) < 4.78 is 5.64. The van der Waals surface area contributed by atoms with E-state index in [2.05, 4.69) is 0 Å². The molecule has 114 valence electrons. The van der Waals surface area contributed by atoms with Gasteiger partial charge in [0.05, 0.1) is 19.3 Å². The topological polar surface area (TPSA) is 52.9 Å². The van der Waals surface area contributed by atoms with E-state index >= 15 is 0 Å². The normalized spacial score (nSPS) is 12.7. The quantitative estimate of drug-likeness (QED) is 0.736. The fraction of sp³-hybridized carbons (Fsp3) is 0.600. The number of benzene rings is 1. The predicted molar refractivity (Wildman–Crippen MR) is 81.4 cm³/mol. The molecular weight excluding hydrogens is 278 g/mol. The maximum absolute atomic E-state index is 10.3. The van der Waals surface area contributed by atoms with Crippen LogP contribution in [-0.2, 0) is 0 Å². The number of likely N-dealkylation sites (N-methyl/N-ethyl adjacent to an activating group) is 1. The van der Waals surface area contributed by atoms with Gasteiger partial charge >= 0.3 is 0 Å². The minimum absolute atomic E-state index is 0.120. The molecule has 1 aromatic carbocycles. The number of hydrogen-bond donors (Lipinski definition) is 2. The summed E-state index contributed by atoms with van der Waals surface area (Å²) in [5.74, 6) is 0.688. The number of aliphatic hydroxyl groups is 2. The molecule has 0 fully saturated rings. The molecule has 0 aliphatic rings. The second-order valence-corrected chi connectivity index (χ2v) is 5.30. The van der Waals surface area contributed by atoms with Crippen molar-refractivity contribution < 1.29 is 14.9 Å². The Labute approximate surface area is 125 Å². The number of hydrogen-bond acceptors (Lipinski definition) is 4. The first-order valence-corrected chi connectivity index (χ1v) is 7.36. The number of ether oxygens (including phenoxy) is 1. The Bertz CT molecular complexity index is 401. The second kappa shape index (κ2) is 9.19. The first-order chi connectivity index (χ1) is 9.58. The molecule has 1 unspecified atom stereocenters. The van der Waals surface area contributed by atoms with E-state index in [1.807, 2.05) is 18.9 Å². The van der Waals surface area contributed by atoms with Crippen LogP contribution in [0.5, 0.6) is 5.75 Å². The van der Waals surface area contributed by atoms with Gasteiger partial charge in [-0.15, -0.1) is 0 Å². The summed E-state index contributed by atoms with van der Waals surface area (Å²) in [6.45, 7) is 4.07. The molecule has 0 saturated heterocycles. The third kappa shape index (κ3) is 5.67. The Morgan fingerprint density at radius 3 is 2.75 bits per heavy atom. The lowest BCUT2D eigenvalue weighted by Gasteiger charge is -2.20. The molecule has 4 nitrogen and oxygen atoms in total. The molecule has 1 aromatic rings. The second-order valence-electron chi connectivity index (χ2n) is 4.86. The highest BCUT2D eigenvalue weighted by atomic mass is 35.5. The van der Waals surface area contributed by atoms with Crippen LogP contribution >= 0.6 is 11.6 Å². The molecular formula is C15H24ClNO3. The standard InChI is InChI=1S/C15H24ClNO3/c1-3-10-20-15-5-4-12(16)11-13(15)14(19)6-7-17(2)8-9-18/h4-5,11,14,18-19H,3,6-10H2,1-2H3. The summed E-state index contributed by atoms with van der Waals surface area (Å²) >= 11 is 6.00. The lowest BCUT2D eigenvalue weighted by Crippen LogP contribution is -2.24. The molecule has 2 N–H and O–H groups in total. The van der Waals surface area contributed by atoms with Gasteiger partial charge in [-0.05, 0) is 38.1 Å². The molecule has 20 heavy (non-hydrogen) atoms. The summed E-state index contributed by atoms with van der Waals surface area (Å²) in [7, 11) is 1.91. The van der Waals surface area contributed by atoms with Crippen molar-refractivity contribution in [1.82, 2.24) is 4.90 Å². The molecule has 0 heterocycles. The van der Waals surface area contributed by atoms with E-state index < -0.39 is 6.10 Å². The molecule has 0 aliphatic heterocycles. The van der Waals surface area contributed by atoms with Gasteiger partial charge in [0.25, 0.3) is 0 Å². The molecule has 0 radical (unpaired) electrons. The SMILES string of the molecule is CCCOc1ccc(Cl)cc1C(O)CCN(C)CCO. The average molecular weight is 302 g/mol. The molecule has 0 spiro atoms. The van der Waals surface area contributed by atoms with Crippen molar-refractivity contribution in [3.63, 3.8) is 0 Å². The highest BCUT2D eigenvalue weighted by Gasteiger charge is 2.15. The van der Waals surface area contributed by atoms with E-state index in [9.17, 15) is 5.11 Å². The fourth-order valence-corrected chi connectivity index (χ4v) is 2.08. The van der Waals surface area contributed by atoms with Crippen molar-refractivity contribution in [1.29, 1.82) is 0 Å². The third-order valence-corrected chi connectivity index (χ3v) is 3.29. The minimum atomic E-state index is -0.623. The van der Waals surface area contributed by atoms with Crippen LogP contribution in [0.25, 0.3) is 0 Å². The summed E-state index contributed by atoms with van der Waals surface area (Å²) in [5.41, 5.74) is 0.725. The van der Waals surface area contributed by atoms with E-state index in [1.54, 1.807) is 18.2 Å². The van der Waals surface area contributed by atoms with Crippen molar-refractivity contribution in [3.8, 4) is 5.75 Å². The molecule has 0 saturated carbocycles. The van der Waals surface area contributed by atoms with Crippen LogP contribution in [0.15, 0.2) is 18.2 Å². The number of halogens is 1. The summed E-state index contributed by atoms with van der Waals surface area (Å²) in [6, 6.07) is 5.32. The number of aliphatic hydroxyl groups excluding tert-OH is 2. The van der Waals surface area contributed by atoms with E-state index in [-0.39, 0.29) is 6.61 Å². The van der Waals surface area contributed by atoms with Crippen molar-refractivity contribution in [2.24, 2.45) is 0 Å². The van der Waals surface area contributed by atoms with Gasteiger partial charge < -0.3 is 19.8 Å². The largest absolute Gasteiger partial charge is 0.493 e. The van der Waals surface area contributed by atoms with Crippen LogP contribution < -0.4 is 4.74 Å². The fourth-order valence-electron chi connectivity index (χ4n) is 1.90. The zero-order valence-electron chi connectivity index (χ0n) is 12.2. The summed E-state index contributed by atoms with van der Waals surface area (Å²) in [6.07, 6.45) is 0.859. The summed E-state index contributed by atoms with van der Waals surface area (Å²) in [4.78, 5) is 1.97. The monoisotopic (exact) mass is 301 g/mol. The molecule has 0 aliphatic carbocycles. The lowest BCUT2D eigenvalue weighted by atomic mass is 10.1. The number of rotatable bonds is 9. The molecule has 0 aromatic heterocycles. The maximum Gasteiger partial charge on any atom is 0.125 e. The van der Waals surface area contributed by atoms with Gasteiger partial charge in [-0.2, -0.15) is 0 Å². The first-order valence-electron chi connectivity index (χ1n) is 6.98. The van der Waals surface area contributed by atoms with Crippen LogP contribution in [-0.4, -0.2) is 48.5 Å². The van der Waals surface area contributed by atoms with Crippen LogP contribution in [0, 0.1) is 0 Å². The van der Waals surface area contributed by atoms with Gasteiger partial charge in [-0.3, -0.25) is 0 Å². The highest BCUT2D eigenvalue weighted by molar-refractivity contribution is 6.30. The van der Waals surface area contributed by atoms with Crippen LogP contribution in [0.2, 0.25) is 5.02 Å². The maximum atomic E-state index is 10.3. The van der Waals surface area contributed by atoms with Gasteiger partial charge in [-0.1, -0.05) is 18.5 Å². The average Bonchev–Trinajstić information content (AvgIpc) is 2.43. The Morgan fingerprint density at radius 2 is 2.10 bits per heavy atom. The predicted octanol–water partition coefficient (Wildman–Crippen LogP) is 2.48. The third-order valence-electron chi connectivity index (χ3n) is 3.06. The highest BCUT2D eigenvalue weighted by Crippen LogP contribution is 2.30. The van der Waals surface area contributed by atoms with E-state index in [4.69, 9.17) is 21.4 Å². The van der Waals surface area contributed by atoms with E-state index in [0.717, 1.165) is 12.0 Å². The van der Waals surface area contributed by atoms with Crippen LogP contribution in [0.4, 0.5) is 0 Å². The van der Waals surface area contributed by atoms with Crippen molar-refractivity contribution in [2.75, 3.05) is 33.4 Å². The van der Waals surface area contributed by atoms with Gasteiger partial charge in [-0.25, -0.2) is 0 Å². The minimum Gasteiger partial charge on any atom is -0.493 e. The van der Waals surface area contributed by atoms with Gasteiger partial charge in [0.1, 0.15) is 5.75 Å². The van der Waals surface area contributed by atoms with Crippen LogP contribution in [0.1, 0.15) is 31.4 Å². The van der Waals surface area contributed by atoms with Gasteiger partial charge in [0.15, 0.2) is 0 Å². The van der Waals surface area contributed by atoms with E-state index in [0.29, 0.717) is 36.9 Å². The molecule has 5 heteroatoms. The smallest absolute Gasteiger partial charge is 0.125 e. The first kappa shape index (κ1) is 17.2. The van der Waals surface area contributed by atoms with Crippen molar-refractivity contribution in [2.45, 2.75) is 25.9 Å². The number of nitrogens with zero attached hydrogens (tertiary/aromatic N) is 1. The molecule has 0 bridgehead atoms. The summed E-state index contributed by atoms with van der Waals surface area (Å²) in [5, 5.41) is 19.8. The Morgan fingerprint density at radius 1 is 1.35 bits per heavy atom. The molecule has 1 rings (SSSR count). The van der Waals surface area contributed by atoms with E-state index in [1.165, 1.54) is 0 Å². The lowest BCUT2D eigenvalue weighted by molar-refractivity contribution is 0.137. The Kier molecular flexibility index (Phi) is 7.92. The van der Waals surface area contributed by atoms with Crippen molar-refractivity contribution >= 4 is 11.6 Å². The van der Waals surface area contributed by atoms with Gasteiger partial charge in [0.2, 0.25) is 0 Å². The van der Waals surface area contributed by atoms with Crippen molar-refractivity contribution in [3.05, 3.63) is 28.8 Å². The Hall–Kier alpha value is -0.810. The Balaban J connectivity index is 2.69. The zero-order chi connectivity index (χ0) is 15.0. The molecule has 1 atom stereocenters. The zero-order valence-corrected chi connectivity index (χ0v) is 12.9. The van der Waals surface area contributed by atoms with Gasteiger partial charge in [0, 0.05) is 23.7 Å². The van der Waals surface area contributed by atoms with Crippen LogP contribution in [0.3, 0.4) is 0 Å².